The Kier molecular flexibility index (Phi) is 5.65. The zero-order valence-corrected chi connectivity index (χ0v) is 18.8. The van der Waals surface area contributed by atoms with Gasteiger partial charge in [-0.2, -0.15) is 9.50 Å². The van der Waals surface area contributed by atoms with Crippen LogP contribution in [0.15, 0.2) is 72.8 Å². The van der Waals surface area contributed by atoms with Crippen molar-refractivity contribution in [2.75, 3.05) is 12.8 Å². The van der Waals surface area contributed by atoms with E-state index in [-0.39, 0.29) is 29.6 Å². The third-order valence-electron chi connectivity index (χ3n) is 5.20. The number of pyridine rings is 1. The third-order valence-corrected chi connectivity index (χ3v) is 5.49. The number of nitrogens with two attached hydrogens (primary N) is 1. The molecule has 0 bridgehead atoms. The molecule has 3 aromatic carbocycles. The van der Waals surface area contributed by atoms with E-state index in [1.165, 1.54) is 11.6 Å². The first kappa shape index (κ1) is 21.5. The van der Waals surface area contributed by atoms with Crippen molar-refractivity contribution in [2.45, 2.75) is 6.61 Å². The maximum atomic E-state index is 12.9. The maximum absolute atomic E-state index is 12.9. The average molecular weight is 475 g/mol. The summed E-state index contributed by atoms with van der Waals surface area (Å²) in [5.41, 5.74) is 7.19. The van der Waals surface area contributed by atoms with Crippen molar-refractivity contribution in [2.24, 2.45) is 0 Å². The lowest BCUT2D eigenvalue weighted by Crippen LogP contribution is -2.13. The number of fused-ring (bicyclic) bond motifs is 3. The average Bonchev–Trinajstić information content (AvgIpc) is 3.25. The molecule has 0 aliphatic rings. The zero-order chi connectivity index (χ0) is 23.7. The van der Waals surface area contributed by atoms with Crippen LogP contribution >= 0.6 is 11.6 Å². The first-order chi connectivity index (χ1) is 16.6. The minimum atomic E-state index is -0.652. The number of aromatic nitrogens is 3. The van der Waals surface area contributed by atoms with Crippen LogP contribution in [0.4, 0.5) is 5.95 Å². The highest BCUT2D eigenvalue weighted by Gasteiger charge is 2.27. The van der Waals surface area contributed by atoms with Gasteiger partial charge >= 0.3 is 5.97 Å². The van der Waals surface area contributed by atoms with Crippen LogP contribution in [-0.2, 0) is 11.3 Å². The van der Waals surface area contributed by atoms with E-state index in [4.69, 9.17) is 31.5 Å². The van der Waals surface area contributed by atoms with Crippen molar-refractivity contribution in [3.8, 4) is 17.2 Å². The highest BCUT2D eigenvalue weighted by atomic mass is 35.5. The van der Waals surface area contributed by atoms with E-state index in [1.54, 1.807) is 24.3 Å². The summed E-state index contributed by atoms with van der Waals surface area (Å²) in [6.07, 6.45) is 0. The Morgan fingerprint density at radius 1 is 1.00 bits per heavy atom. The van der Waals surface area contributed by atoms with Gasteiger partial charge in [0.05, 0.1) is 17.5 Å². The number of ether oxygens (including phenoxy) is 3. The molecule has 170 valence electrons. The van der Waals surface area contributed by atoms with Crippen LogP contribution in [0.25, 0.3) is 16.4 Å². The predicted octanol–water partition coefficient (Wildman–Crippen LogP) is 5.28. The number of nitrogen functional groups attached to an aromatic ring is 1. The van der Waals surface area contributed by atoms with Gasteiger partial charge in [-0.3, -0.25) is 0 Å². The van der Waals surface area contributed by atoms with Crippen molar-refractivity contribution in [1.82, 2.24) is 14.6 Å². The molecule has 0 saturated carbocycles. The Hall–Kier alpha value is -4.30. The highest BCUT2D eigenvalue weighted by Crippen LogP contribution is 2.43. The summed E-state index contributed by atoms with van der Waals surface area (Å²) in [6.45, 7) is 0.202. The summed E-state index contributed by atoms with van der Waals surface area (Å²) in [7, 11) is 1.28. The lowest BCUT2D eigenvalue weighted by atomic mass is 10.1. The second-order valence-electron chi connectivity index (χ2n) is 7.36. The smallest absolute Gasteiger partial charge is 0.360 e. The Labute approximate surface area is 199 Å². The van der Waals surface area contributed by atoms with Crippen molar-refractivity contribution in [3.63, 3.8) is 0 Å². The van der Waals surface area contributed by atoms with Gasteiger partial charge in [0, 0.05) is 5.39 Å². The molecule has 0 saturated heterocycles. The van der Waals surface area contributed by atoms with Crippen molar-refractivity contribution in [1.29, 1.82) is 0 Å². The highest BCUT2D eigenvalue weighted by molar-refractivity contribution is 6.34. The molecular formula is C25H19ClN4O4. The number of benzene rings is 3. The number of para-hydroxylation sites is 1. The topological polar surface area (TPSA) is 101 Å². The quantitative estimate of drug-likeness (QED) is 0.334. The van der Waals surface area contributed by atoms with E-state index in [9.17, 15) is 4.79 Å². The largest absolute Gasteiger partial charge is 0.486 e. The van der Waals surface area contributed by atoms with Gasteiger partial charge in [0.25, 0.3) is 0 Å². The number of esters is 1. The van der Waals surface area contributed by atoms with Crippen molar-refractivity contribution in [3.05, 3.63) is 89.1 Å². The van der Waals surface area contributed by atoms with Crippen LogP contribution in [0.2, 0.25) is 5.02 Å². The van der Waals surface area contributed by atoms with Gasteiger partial charge in [0.15, 0.2) is 22.8 Å². The summed E-state index contributed by atoms with van der Waals surface area (Å²) in [5.74, 6) is 0.477. The van der Waals surface area contributed by atoms with Gasteiger partial charge < -0.3 is 19.9 Å². The number of carbonyl (C=O) groups is 1. The Balaban J connectivity index is 1.80. The number of hydrogen-bond acceptors (Lipinski definition) is 7. The van der Waals surface area contributed by atoms with E-state index in [2.05, 4.69) is 10.1 Å². The number of anilines is 1. The summed E-state index contributed by atoms with van der Waals surface area (Å²) >= 11 is 6.57. The Bertz CT molecular complexity index is 1500. The molecule has 2 N–H and O–H groups in total. The fourth-order valence-corrected chi connectivity index (χ4v) is 3.89. The second-order valence-corrected chi connectivity index (χ2v) is 7.77. The molecule has 2 heterocycles. The molecule has 0 spiro atoms. The monoisotopic (exact) mass is 474 g/mol. The van der Waals surface area contributed by atoms with Crippen LogP contribution in [-0.4, -0.2) is 27.7 Å². The van der Waals surface area contributed by atoms with Gasteiger partial charge in [0.2, 0.25) is 5.95 Å². The Morgan fingerprint density at radius 3 is 2.41 bits per heavy atom. The zero-order valence-electron chi connectivity index (χ0n) is 18.1. The number of halogens is 1. The molecule has 0 aliphatic carbocycles. The fraction of sp³-hybridized carbons (Fsp3) is 0.0800. The van der Waals surface area contributed by atoms with Gasteiger partial charge in [0.1, 0.15) is 12.4 Å². The van der Waals surface area contributed by atoms with Gasteiger partial charge in [-0.15, -0.1) is 5.10 Å². The first-order valence-electron chi connectivity index (χ1n) is 10.3. The maximum Gasteiger partial charge on any atom is 0.360 e. The van der Waals surface area contributed by atoms with Crippen LogP contribution < -0.4 is 15.2 Å². The Morgan fingerprint density at radius 2 is 1.71 bits per heavy atom. The normalized spacial score (nSPS) is 11.0. The van der Waals surface area contributed by atoms with Gasteiger partial charge in [-0.1, -0.05) is 60.1 Å². The molecular weight excluding hydrogens is 456 g/mol. The van der Waals surface area contributed by atoms with E-state index in [1.807, 2.05) is 48.5 Å². The minimum Gasteiger partial charge on any atom is -0.486 e. The molecule has 8 nitrogen and oxygen atoms in total. The van der Waals surface area contributed by atoms with Gasteiger partial charge in [-0.05, 0) is 29.8 Å². The first-order valence-corrected chi connectivity index (χ1v) is 10.7. The number of methoxy groups -OCH3 is 1. The van der Waals surface area contributed by atoms with E-state index in [0.29, 0.717) is 27.3 Å². The number of carbonyl (C=O) groups excluding carboxylic acids is 1. The molecule has 5 rings (SSSR count). The number of hydrogen-bond donors (Lipinski definition) is 1. The van der Waals surface area contributed by atoms with E-state index in [0.717, 1.165) is 5.56 Å². The lowest BCUT2D eigenvalue weighted by Gasteiger charge is -2.17. The molecule has 0 aliphatic heterocycles. The standard InChI is InChI=1S/C25H19ClN4O4/c1-32-24(31)20-21(33-14-15-8-4-2-5-9-15)17-12-13-18(26)22(34-16-10-6-3-7-11-16)19(17)23-28-25(27)29-30(20)23/h2-13H,14H2,1H3,(H2,27,29). The van der Waals surface area contributed by atoms with Crippen LogP contribution in [0.3, 0.4) is 0 Å². The van der Waals surface area contributed by atoms with Gasteiger partial charge in [-0.25, -0.2) is 4.79 Å². The second kappa shape index (κ2) is 8.92. The molecule has 0 fully saturated rings. The molecule has 0 atom stereocenters. The predicted molar refractivity (Wildman–Crippen MR) is 129 cm³/mol. The summed E-state index contributed by atoms with van der Waals surface area (Å²) in [5, 5.41) is 5.62. The van der Waals surface area contributed by atoms with Crippen molar-refractivity contribution < 1.29 is 19.0 Å². The summed E-state index contributed by atoms with van der Waals surface area (Å²) < 4.78 is 18.7. The SMILES string of the molecule is COC(=O)c1c(OCc2ccccc2)c2ccc(Cl)c(Oc3ccccc3)c2c2nc(N)nn12. The molecule has 0 unspecified atom stereocenters. The molecule has 5 aromatic rings. The lowest BCUT2D eigenvalue weighted by molar-refractivity contribution is 0.0585. The fourth-order valence-electron chi connectivity index (χ4n) is 3.70. The van der Waals surface area contributed by atoms with E-state index < -0.39 is 5.97 Å². The van der Waals surface area contributed by atoms with Crippen molar-refractivity contribution >= 4 is 39.9 Å². The van der Waals surface area contributed by atoms with Crippen LogP contribution in [0, 0.1) is 0 Å². The summed E-state index contributed by atoms with van der Waals surface area (Å²) in [6, 6.07) is 22.2. The van der Waals surface area contributed by atoms with Crippen LogP contribution in [0.5, 0.6) is 17.2 Å². The molecule has 0 radical (unpaired) electrons. The molecule has 0 amide bonds. The molecule has 2 aromatic heterocycles. The van der Waals surface area contributed by atoms with E-state index >= 15 is 0 Å². The number of rotatable bonds is 6. The molecule has 9 heteroatoms. The third kappa shape index (κ3) is 3.84. The summed E-state index contributed by atoms with van der Waals surface area (Å²) in [4.78, 5) is 17.2. The van der Waals surface area contributed by atoms with Crippen LogP contribution in [0.1, 0.15) is 16.1 Å². The number of nitrogens with zero attached hydrogens (tertiary/aromatic N) is 3. The molecule has 34 heavy (non-hydrogen) atoms. The minimum absolute atomic E-state index is 0.0303.